The molecule has 22 heavy (non-hydrogen) atoms. The van der Waals surface area contributed by atoms with E-state index in [4.69, 9.17) is 9.47 Å². The normalized spacial score (nSPS) is 28.1. The van der Waals surface area contributed by atoms with E-state index >= 15 is 0 Å². The standard InChI is InChI=1S/C17H24N2O3/c1-13-10-19-11-14(9-15(19)12-22-13)18-17(20)7-8-21-16-5-3-2-4-6-16/h2-6,13-15H,7-12H2,1H3,(H,18,20)/t13-,14+,15+/m1/s1. The number of rotatable bonds is 5. The number of ether oxygens (including phenoxy) is 2. The molecule has 2 heterocycles. The number of hydrogen-bond donors (Lipinski definition) is 1. The second-order valence-corrected chi connectivity index (χ2v) is 6.16. The van der Waals surface area contributed by atoms with E-state index in [-0.39, 0.29) is 11.9 Å². The van der Waals surface area contributed by atoms with Gasteiger partial charge in [-0.25, -0.2) is 0 Å². The number of para-hydroxylation sites is 1. The lowest BCUT2D eigenvalue weighted by Gasteiger charge is -2.33. The first-order chi connectivity index (χ1) is 10.7. The van der Waals surface area contributed by atoms with E-state index in [1.165, 1.54) is 0 Å². The van der Waals surface area contributed by atoms with E-state index in [0.717, 1.165) is 31.9 Å². The quantitative estimate of drug-likeness (QED) is 0.894. The van der Waals surface area contributed by atoms with Crippen molar-refractivity contribution in [2.24, 2.45) is 0 Å². The van der Waals surface area contributed by atoms with Crippen LogP contribution in [0.1, 0.15) is 19.8 Å². The first-order valence-corrected chi connectivity index (χ1v) is 8.03. The van der Waals surface area contributed by atoms with Crippen LogP contribution in [0.5, 0.6) is 5.75 Å². The Hall–Kier alpha value is -1.59. The van der Waals surface area contributed by atoms with Crippen molar-refractivity contribution < 1.29 is 14.3 Å². The number of morpholine rings is 1. The molecule has 1 aromatic carbocycles. The topological polar surface area (TPSA) is 50.8 Å². The summed E-state index contributed by atoms with van der Waals surface area (Å²) in [5, 5.41) is 3.12. The molecule has 0 saturated carbocycles. The Balaban J connectivity index is 1.37. The second-order valence-electron chi connectivity index (χ2n) is 6.16. The molecule has 0 unspecified atom stereocenters. The summed E-state index contributed by atoms with van der Waals surface area (Å²) in [6, 6.07) is 10.3. The van der Waals surface area contributed by atoms with Crippen LogP contribution < -0.4 is 10.1 Å². The van der Waals surface area contributed by atoms with E-state index in [1.54, 1.807) is 0 Å². The molecular weight excluding hydrogens is 280 g/mol. The van der Waals surface area contributed by atoms with Crippen LogP contribution in [0.3, 0.4) is 0 Å². The van der Waals surface area contributed by atoms with Gasteiger partial charge >= 0.3 is 0 Å². The van der Waals surface area contributed by atoms with E-state index in [0.29, 0.717) is 25.2 Å². The molecule has 5 nitrogen and oxygen atoms in total. The number of nitrogens with zero attached hydrogens (tertiary/aromatic N) is 1. The van der Waals surface area contributed by atoms with Crippen LogP contribution in [0.15, 0.2) is 30.3 Å². The second kappa shape index (κ2) is 7.11. The fourth-order valence-electron chi connectivity index (χ4n) is 3.22. The van der Waals surface area contributed by atoms with Crippen LogP contribution in [0.25, 0.3) is 0 Å². The molecule has 1 amide bonds. The van der Waals surface area contributed by atoms with Crippen molar-refractivity contribution in [1.29, 1.82) is 0 Å². The Bertz CT molecular complexity index is 494. The summed E-state index contributed by atoms with van der Waals surface area (Å²) < 4.78 is 11.2. The molecule has 0 bridgehead atoms. The maximum atomic E-state index is 12.0. The fourth-order valence-corrected chi connectivity index (χ4v) is 3.22. The van der Waals surface area contributed by atoms with Gasteiger partial charge in [-0.05, 0) is 25.5 Å². The van der Waals surface area contributed by atoms with Crippen molar-refractivity contribution in [3.05, 3.63) is 30.3 Å². The third kappa shape index (κ3) is 3.99. The molecule has 0 radical (unpaired) electrons. The summed E-state index contributed by atoms with van der Waals surface area (Å²) >= 11 is 0. The number of carbonyl (C=O) groups excluding carboxylic acids is 1. The predicted molar refractivity (Wildman–Crippen MR) is 83.9 cm³/mol. The molecule has 0 aliphatic carbocycles. The molecule has 1 aromatic rings. The molecule has 0 spiro atoms. The lowest BCUT2D eigenvalue weighted by molar-refractivity contribution is -0.122. The molecule has 1 N–H and O–H groups in total. The number of hydrogen-bond acceptors (Lipinski definition) is 4. The minimum Gasteiger partial charge on any atom is -0.493 e. The minimum absolute atomic E-state index is 0.0646. The number of carbonyl (C=O) groups is 1. The maximum Gasteiger partial charge on any atom is 0.223 e. The largest absolute Gasteiger partial charge is 0.493 e. The third-order valence-corrected chi connectivity index (χ3v) is 4.30. The monoisotopic (exact) mass is 304 g/mol. The highest BCUT2D eigenvalue weighted by molar-refractivity contribution is 5.76. The third-order valence-electron chi connectivity index (χ3n) is 4.30. The Kier molecular flexibility index (Phi) is 4.95. The Morgan fingerprint density at radius 1 is 1.36 bits per heavy atom. The Labute approximate surface area is 131 Å². The molecule has 5 heteroatoms. The van der Waals surface area contributed by atoms with Gasteiger partial charge in [0.25, 0.3) is 0 Å². The number of amides is 1. The van der Waals surface area contributed by atoms with Crippen LogP contribution >= 0.6 is 0 Å². The van der Waals surface area contributed by atoms with E-state index in [1.807, 2.05) is 30.3 Å². The van der Waals surface area contributed by atoms with E-state index in [9.17, 15) is 4.79 Å². The number of benzene rings is 1. The zero-order valence-corrected chi connectivity index (χ0v) is 13.0. The molecule has 2 aliphatic rings. The van der Waals surface area contributed by atoms with Gasteiger partial charge in [-0.1, -0.05) is 18.2 Å². The molecule has 3 rings (SSSR count). The molecule has 3 atom stereocenters. The minimum atomic E-state index is 0.0646. The summed E-state index contributed by atoms with van der Waals surface area (Å²) in [5.41, 5.74) is 0. The zero-order chi connectivity index (χ0) is 15.4. The first kappa shape index (κ1) is 15.3. The highest BCUT2D eigenvalue weighted by atomic mass is 16.5. The summed E-state index contributed by atoms with van der Waals surface area (Å²) in [5.74, 6) is 0.870. The van der Waals surface area contributed by atoms with Gasteiger partial charge in [0.15, 0.2) is 0 Å². The molecule has 0 aromatic heterocycles. The van der Waals surface area contributed by atoms with Crippen LogP contribution in [0, 0.1) is 0 Å². The summed E-state index contributed by atoms with van der Waals surface area (Å²) in [6.45, 7) is 5.20. The SMILES string of the molecule is C[C@@H]1CN2C[C@@H](NC(=O)CCOc3ccccc3)C[C@H]2CO1. The Morgan fingerprint density at radius 3 is 3.00 bits per heavy atom. The van der Waals surface area contributed by atoms with Crippen molar-refractivity contribution in [3.8, 4) is 5.75 Å². The van der Waals surface area contributed by atoms with Gasteiger partial charge in [0, 0.05) is 25.2 Å². The van der Waals surface area contributed by atoms with Crippen LogP contribution in [0.2, 0.25) is 0 Å². The van der Waals surface area contributed by atoms with Crippen molar-refractivity contribution in [2.75, 3.05) is 26.3 Å². The molecular formula is C17H24N2O3. The van der Waals surface area contributed by atoms with Crippen LogP contribution in [0.4, 0.5) is 0 Å². The highest BCUT2D eigenvalue weighted by Crippen LogP contribution is 2.23. The van der Waals surface area contributed by atoms with Crippen LogP contribution in [-0.4, -0.2) is 55.3 Å². The molecule has 120 valence electrons. The van der Waals surface area contributed by atoms with Gasteiger partial charge in [-0.3, -0.25) is 9.69 Å². The average Bonchev–Trinajstić information content (AvgIpc) is 2.89. The van der Waals surface area contributed by atoms with Gasteiger partial charge in [0.2, 0.25) is 5.91 Å². The lowest BCUT2D eigenvalue weighted by Crippen LogP contribution is -2.45. The van der Waals surface area contributed by atoms with E-state index in [2.05, 4.69) is 17.1 Å². The van der Waals surface area contributed by atoms with Crippen molar-refractivity contribution in [3.63, 3.8) is 0 Å². The lowest BCUT2D eigenvalue weighted by atomic mass is 10.1. The van der Waals surface area contributed by atoms with E-state index < -0.39 is 0 Å². The first-order valence-electron chi connectivity index (χ1n) is 8.03. The summed E-state index contributed by atoms with van der Waals surface area (Å²) in [6.07, 6.45) is 1.67. The number of nitrogens with one attached hydrogen (secondary N) is 1. The average molecular weight is 304 g/mol. The molecule has 2 aliphatic heterocycles. The van der Waals surface area contributed by atoms with Gasteiger partial charge in [-0.2, -0.15) is 0 Å². The highest BCUT2D eigenvalue weighted by Gasteiger charge is 2.36. The molecule has 2 saturated heterocycles. The van der Waals surface area contributed by atoms with Gasteiger partial charge in [0.1, 0.15) is 5.75 Å². The summed E-state index contributed by atoms with van der Waals surface area (Å²) in [4.78, 5) is 14.4. The maximum absolute atomic E-state index is 12.0. The number of fused-ring (bicyclic) bond motifs is 1. The Morgan fingerprint density at radius 2 is 2.18 bits per heavy atom. The van der Waals surface area contributed by atoms with Crippen molar-refractivity contribution in [2.45, 2.75) is 38.0 Å². The summed E-state index contributed by atoms with van der Waals surface area (Å²) in [7, 11) is 0. The fraction of sp³-hybridized carbons (Fsp3) is 0.588. The van der Waals surface area contributed by atoms with Crippen molar-refractivity contribution >= 4 is 5.91 Å². The molecule has 2 fully saturated rings. The predicted octanol–water partition coefficient (Wildman–Crippen LogP) is 1.43. The van der Waals surface area contributed by atoms with Gasteiger partial charge in [0.05, 0.1) is 25.7 Å². The van der Waals surface area contributed by atoms with Crippen LogP contribution in [-0.2, 0) is 9.53 Å². The van der Waals surface area contributed by atoms with Gasteiger partial charge < -0.3 is 14.8 Å². The zero-order valence-electron chi connectivity index (χ0n) is 13.0. The van der Waals surface area contributed by atoms with Crippen molar-refractivity contribution in [1.82, 2.24) is 10.2 Å². The van der Waals surface area contributed by atoms with Gasteiger partial charge in [-0.15, -0.1) is 0 Å². The smallest absolute Gasteiger partial charge is 0.223 e.